The summed E-state index contributed by atoms with van der Waals surface area (Å²) in [7, 11) is 0. The van der Waals surface area contributed by atoms with E-state index in [1.807, 2.05) is 0 Å². The summed E-state index contributed by atoms with van der Waals surface area (Å²) < 4.78 is 0. The van der Waals surface area contributed by atoms with Crippen LogP contribution in [0, 0.1) is 51.2 Å². The van der Waals surface area contributed by atoms with Gasteiger partial charge in [-0.2, -0.15) is 11.8 Å². The van der Waals surface area contributed by atoms with Crippen LogP contribution in [0.5, 0.6) is 0 Å². The van der Waals surface area contributed by atoms with E-state index in [0.29, 0.717) is 40.0 Å². The standard InChI is InChI=1S/C43H66N2S/c1-11-28-12-14-35-37(32(28)22-34-27(3)41(6,7)24-42(34,8)9)33-21-30-17-19-46-36-15-13-31-20-29(36)16-18-43(10,38(30)39(33)45-35)25-44-26(2)23-40(31,4)5/h11-12,14,26-27,29-31,34,36,38,44-45H,1,13,15-25H2,2-10H3. The average molecular weight is 643 g/mol. The summed E-state index contributed by atoms with van der Waals surface area (Å²) in [4.78, 5) is 4.19. The highest BCUT2D eigenvalue weighted by Gasteiger charge is 2.52. The number of H-pyrrole nitrogens is 1. The molecule has 3 heteroatoms. The fraction of sp³-hybridized carbons (Fsp3) is 0.767. The van der Waals surface area contributed by atoms with Crippen LogP contribution >= 0.6 is 11.8 Å². The maximum atomic E-state index is 4.35. The van der Waals surface area contributed by atoms with Gasteiger partial charge in [0.15, 0.2) is 0 Å². The first kappa shape index (κ1) is 33.3. The quantitative estimate of drug-likeness (QED) is 0.349. The van der Waals surface area contributed by atoms with Gasteiger partial charge in [-0.05, 0) is 151 Å². The maximum Gasteiger partial charge on any atom is 0.0462 e. The summed E-state index contributed by atoms with van der Waals surface area (Å²) in [5, 5.41) is 6.64. The zero-order valence-corrected chi connectivity index (χ0v) is 31.8. The van der Waals surface area contributed by atoms with Crippen LogP contribution in [0.2, 0.25) is 0 Å². The molecule has 46 heavy (non-hydrogen) atoms. The first-order valence-electron chi connectivity index (χ1n) is 19.3. The molecule has 3 aliphatic carbocycles. The van der Waals surface area contributed by atoms with E-state index in [0.717, 1.165) is 29.5 Å². The van der Waals surface area contributed by atoms with Gasteiger partial charge >= 0.3 is 0 Å². The Hall–Kier alpha value is -1.19. The number of aromatic amines is 1. The average Bonchev–Trinajstić information content (AvgIpc) is 3.56. The highest BCUT2D eigenvalue weighted by molar-refractivity contribution is 7.99. The monoisotopic (exact) mass is 642 g/mol. The van der Waals surface area contributed by atoms with E-state index < -0.39 is 0 Å². The molecule has 254 valence electrons. The Morgan fingerprint density at radius 3 is 2.43 bits per heavy atom. The van der Waals surface area contributed by atoms with Gasteiger partial charge in [-0.25, -0.2) is 0 Å². The third-order valence-corrected chi connectivity index (χ3v) is 16.8. The van der Waals surface area contributed by atoms with Crippen LogP contribution in [0.25, 0.3) is 17.0 Å². The summed E-state index contributed by atoms with van der Waals surface area (Å²) in [6.07, 6.45) is 15.6. The highest BCUT2D eigenvalue weighted by atomic mass is 32.2. The fourth-order valence-electron chi connectivity index (χ4n) is 12.7. The largest absolute Gasteiger partial charge is 0.358 e. The molecule has 0 amide bonds. The second-order valence-corrected chi connectivity index (χ2v) is 21.0. The van der Waals surface area contributed by atoms with Crippen molar-refractivity contribution in [3.8, 4) is 0 Å². The molecule has 2 aromatic rings. The van der Waals surface area contributed by atoms with Crippen molar-refractivity contribution < 1.29 is 0 Å². The molecular formula is C43H66N2S. The molecule has 3 bridgehead atoms. The Morgan fingerprint density at radius 1 is 0.935 bits per heavy atom. The van der Waals surface area contributed by atoms with Crippen LogP contribution in [0.3, 0.4) is 0 Å². The van der Waals surface area contributed by atoms with Crippen LogP contribution in [-0.2, 0) is 12.8 Å². The zero-order valence-electron chi connectivity index (χ0n) is 31.0. The lowest BCUT2D eigenvalue weighted by Gasteiger charge is -2.45. The molecule has 3 heterocycles. The molecule has 2 aliphatic heterocycles. The summed E-state index contributed by atoms with van der Waals surface area (Å²) in [6, 6.07) is 5.32. The second kappa shape index (κ2) is 11.7. The molecule has 0 radical (unpaired) electrons. The van der Waals surface area contributed by atoms with E-state index in [4.69, 9.17) is 0 Å². The molecule has 2 nitrogen and oxygen atoms in total. The lowest BCUT2D eigenvalue weighted by Crippen LogP contribution is -2.43. The molecular weight excluding hydrogens is 577 g/mol. The van der Waals surface area contributed by atoms with Crippen molar-refractivity contribution in [2.75, 3.05) is 12.3 Å². The Balaban J connectivity index is 1.31. The van der Waals surface area contributed by atoms with Gasteiger partial charge in [0.05, 0.1) is 0 Å². The molecule has 1 aromatic heterocycles. The van der Waals surface area contributed by atoms with E-state index in [1.165, 1.54) is 81.0 Å². The second-order valence-electron chi connectivity index (χ2n) is 19.6. The molecule has 9 unspecified atom stereocenters. The van der Waals surface area contributed by atoms with Gasteiger partial charge in [0.1, 0.15) is 0 Å². The Kier molecular flexibility index (Phi) is 8.48. The molecule has 9 atom stereocenters. The molecule has 4 fully saturated rings. The summed E-state index contributed by atoms with van der Waals surface area (Å²) in [6.45, 7) is 28.5. The first-order chi connectivity index (χ1) is 21.6. The van der Waals surface area contributed by atoms with E-state index >= 15 is 0 Å². The van der Waals surface area contributed by atoms with Crippen molar-refractivity contribution >= 4 is 28.7 Å². The van der Waals surface area contributed by atoms with Crippen molar-refractivity contribution in [2.45, 2.75) is 144 Å². The Bertz CT molecular complexity index is 1460. The molecule has 1 aromatic carbocycles. The van der Waals surface area contributed by atoms with Gasteiger partial charge in [-0.3, -0.25) is 0 Å². The van der Waals surface area contributed by atoms with Gasteiger partial charge in [0.2, 0.25) is 0 Å². The van der Waals surface area contributed by atoms with Gasteiger partial charge in [0, 0.05) is 40.4 Å². The van der Waals surface area contributed by atoms with Crippen molar-refractivity contribution in [3.05, 3.63) is 41.1 Å². The third-order valence-electron chi connectivity index (χ3n) is 15.3. The lowest BCUT2D eigenvalue weighted by atomic mass is 9.63. The van der Waals surface area contributed by atoms with Crippen LogP contribution < -0.4 is 5.32 Å². The summed E-state index contributed by atoms with van der Waals surface area (Å²) in [5.74, 6) is 5.81. The molecule has 2 N–H and O–H groups in total. The number of thioether (sulfide) groups is 1. The van der Waals surface area contributed by atoms with Gasteiger partial charge in [-0.1, -0.05) is 74.1 Å². The number of nitrogens with one attached hydrogen (secondary N) is 2. The third kappa shape index (κ3) is 5.58. The molecule has 0 spiro atoms. The normalized spacial score (nSPS) is 39.9. The van der Waals surface area contributed by atoms with Crippen LogP contribution in [-0.4, -0.2) is 28.6 Å². The molecule has 7 rings (SSSR count). The lowest BCUT2D eigenvalue weighted by molar-refractivity contribution is 0.105. The van der Waals surface area contributed by atoms with E-state index in [2.05, 4.69) is 109 Å². The van der Waals surface area contributed by atoms with Crippen LogP contribution in [0.4, 0.5) is 0 Å². The van der Waals surface area contributed by atoms with Crippen molar-refractivity contribution in [2.24, 2.45) is 51.2 Å². The number of hydrogen-bond donors (Lipinski definition) is 2. The molecule has 5 aliphatic rings. The first-order valence-corrected chi connectivity index (χ1v) is 20.3. The van der Waals surface area contributed by atoms with Crippen LogP contribution in [0.1, 0.15) is 142 Å². The van der Waals surface area contributed by atoms with Gasteiger partial charge in [0.25, 0.3) is 0 Å². The topological polar surface area (TPSA) is 27.8 Å². The van der Waals surface area contributed by atoms with Gasteiger partial charge < -0.3 is 10.3 Å². The maximum absolute atomic E-state index is 4.35. The smallest absolute Gasteiger partial charge is 0.0462 e. The Morgan fingerprint density at radius 2 is 1.72 bits per heavy atom. The zero-order chi connectivity index (χ0) is 32.8. The SMILES string of the molecule is C=Cc1ccc2[nH]c3c(c2c1CC1C(C)C(C)(C)CC1(C)C)CC1CCSC2CCC4CC2CCC(C)(CNC(C)CC4(C)C)C31. The number of rotatable bonds is 3. The molecule has 2 saturated heterocycles. The predicted octanol–water partition coefficient (Wildman–Crippen LogP) is 11.4. The van der Waals surface area contributed by atoms with Gasteiger partial charge in [-0.15, -0.1) is 0 Å². The van der Waals surface area contributed by atoms with E-state index in [-0.39, 0.29) is 5.41 Å². The number of hydrogen-bond acceptors (Lipinski definition) is 2. The van der Waals surface area contributed by atoms with E-state index in [9.17, 15) is 0 Å². The summed E-state index contributed by atoms with van der Waals surface area (Å²) in [5.41, 5.74) is 9.03. The highest BCUT2D eigenvalue weighted by Crippen LogP contribution is 2.60. The fourth-order valence-corrected chi connectivity index (χ4v) is 14.2. The number of benzene rings is 1. The Labute approximate surface area is 286 Å². The minimum Gasteiger partial charge on any atom is -0.358 e. The van der Waals surface area contributed by atoms with Crippen molar-refractivity contribution in [1.29, 1.82) is 0 Å². The van der Waals surface area contributed by atoms with Crippen molar-refractivity contribution in [1.82, 2.24) is 10.3 Å². The summed E-state index contributed by atoms with van der Waals surface area (Å²) >= 11 is 2.37. The van der Waals surface area contributed by atoms with E-state index in [1.54, 1.807) is 22.2 Å². The number of aromatic nitrogens is 1. The minimum atomic E-state index is 0.256. The minimum absolute atomic E-state index is 0.256. The van der Waals surface area contributed by atoms with Crippen LogP contribution in [0.15, 0.2) is 18.7 Å². The molecule has 2 saturated carbocycles. The predicted molar refractivity (Wildman–Crippen MR) is 202 cm³/mol. The number of fused-ring (bicyclic) bond motifs is 9. The van der Waals surface area contributed by atoms with Crippen molar-refractivity contribution in [3.63, 3.8) is 0 Å².